The molecule has 0 spiro atoms. The normalized spacial score (nSPS) is 21.4. The molecule has 152 valence electrons. The number of hydrogen-bond donors (Lipinski definition) is 0. The molecule has 2 amide bonds. The van der Waals surface area contributed by atoms with Gasteiger partial charge in [0, 0.05) is 26.2 Å². The van der Waals surface area contributed by atoms with Crippen molar-refractivity contribution in [3.8, 4) is 0 Å². The van der Waals surface area contributed by atoms with E-state index in [4.69, 9.17) is 0 Å². The highest BCUT2D eigenvalue weighted by Gasteiger charge is 2.43. The summed E-state index contributed by atoms with van der Waals surface area (Å²) in [4.78, 5) is 32.3. The zero-order valence-corrected chi connectivity index (χ0v) is 17.1. The summed E-state index contributed by atoms with van der Waals surface area (Å²) in [6.07, 6.45) is 0. The highest BCUT2D eigenvalue weighted by Crippen LogP contribution is 2.44. The molecule has 4 rings (SSSR count). The van der Waals surface area contributed by atoms with E-state index in [9.17, 15) is 14.0 Å². The van der Waals surface area contributed by atoms with Crippen molar-refractivity contribution in [1.29, 1.82) is 0 Å². The van der Waals surface area contributed by atoms with Gasteiger partial charge in [-0.15, -0.1) is 11.8 Å². The van der Waals surface area contributed by atoms with Crippen molar-refractivity contribution in [3.63, 3.8) is 0 Å². The summed E-state index contributed by atoms with van der Waals surface area (Å²) in [6.45, 7) is 2.93. The molecule has 2 aromatic carbocycles. The van der Waals surface area contributed by atoms with Crippen LogP contribution in [0, 0.1) is 5.82 Å². The summed E-state index contributed by atoms with van der Waals surface area (Å²) in [5.41, 5.74) is 1.63. The summed E-state index contributed by atoms with van der Waals surface area (Å²) >= 11 is 1.48. The Balaban J connectivity index is 1.70. The zero-order valence-electron chi connectivity index (χ0n) is 16.3. The largest absolute Gasteiger partial charge is 0.338 e. The van der Waals surface area contributed by atoms with Gasteiger partial charge in [-0.2, -0.15) is 0 Å². The van der Waals surface area contributed by atoms with Crippen molar-refractivity contribution in [2.45, 2.75) is 11.4 Å². The van der Waals surface area contributed by atoms with E-state index in [-0.39, 0.29) is 23.0 Å². The number of nitrogens with zero attached hydrogens (tertiary/aromatic N) is 3. The van der Waals surface area contributed by atoms with Crippen LogP contribution in [0.5, 0.6) is 0 Å². The number of rotatable bonds is 4. The molecule has 2 aliphatic heterocycles. The standard InChI is InChI=1S/C22H24FN3O2S/c1-24-11-13-25(14-12-24)21(28)20(16-5-3-2-4-6-16)26-19(27)15-29-22(26)17-7-9-18(23)10-8-17/h2-10,20,22H,11-15H2,1H3/t20-,22-/m0/s1. The van der Waals surface area contributed by atoms with Gasteiger partial charge in [-0.25, -0.2) is 4.39 Å². The number of carbonyl (C=O) groups is 2. The molecular formula is C22H24FN3O2S. The molecule has 0 saturated carbocycles. The first-order valence-corrected chi connectivity index (χ1v) is 10.8. The molecule has 2 fully saturated rings. The number of benzene rings is 2. The van der Waals surface area contributed by atoms with Crippen LogP contribution in [-0.4, -0.2) is 65.5 Å². The van der Waals surface area contributed by atoms with E-state index in [0.717, 1.165) is 24.2 Å². The van der Waals surface area contributed by atoms with Crippen LogP contribution in [0.25, 0.3) is 0 Å². The number of amides is 2. The molecule has 5 nitrogen and oxygen atoms in total. The van der Waals surface area contributed by atoms with E-state index in [0.29, 0.717) is 18.8 Å². The average molecular weight is 414 g/mol. The van der Waals surface area contributed by atoms with Crippen LogP contribution >= 0.6 is 11.8 Å². The summed E-state index contributed by atoms with van der Waals surface area (Å²) in [6, 6.07) is 15.0. The monoisotopic (exact) mass is 413 g/mol. The lowest BCUT2D eigenvalue weighted by atomic mass is 10.0. The van der Waals surface area contributed by atoms with Gasteiger partial charge in [-0.3, -0.25) is 9.59 Å². The maximum Gasteiger partial charge on any atom is 0.250 e. The van der Waals surface area contributed by atoms with E-state index in [1.54, 1.807) is 17.0 Å². The maximum atomic E-state index is 13.6. The van der Waals surface area contributed by atoms with Crippen molar-refractivity contribution in [2.75, 3.05) is 39.0 Å². The number of hydrogen-bond acceptors (Lipinski definition) is 4. The molecule has 2 saturated heterocycles. The van der Waals surface area contributed by atoms with Crippen molar-refractivity contribution >= 4 is 23.6 Å². The second-order valence-corrected chi connectivity index (χ2v) is 8.53. The first-order chi connectivity index (χ1) is 14.0. The molecule has 0 aliphatic carbocycles. The smallest absolute Gasteiger partial charge is 0.250 e. The molecule has 29 heavy (non-hydrogen) atoms. The third-order valence-electron chi connectivity index (χ3n) is 5.50. The first kappa shape index (κ1) is 19.9. The molecule has 0 N–H and O–H groups in total. The van der Waals surface area contributed by atoms with Gasteiger partial charge in [0.2, 0.25) is 11.8 Å². The van der Waals surface area contributed by atoms with Crippen LogP contribution in [0.3, 0.4) is 0 Å². The van der Waals surface area contributed by atoms with Crippen molar-refractivity contribution in [3.05, 3.63) is 71.5 Å². The second kappa shape index (κ2) is 8.55. The van der Waals surface area contributed by atoms with E-state index in [1.807, 2.05) is 42.3 Å². The predicted octanol–water partition coefficient (Wildman–Crippen LogP) is 2.92. The Hall–Kier alpha value is -2.38. The van der Waals surface area contributed by atoms with E-state index < -0.39 is 6.04 Å². The van der Waals surface area contributed by atoms with Crippen molar-refractivity contribution in [2.24, 2.45) is 0 Å². The molecule has 0 unspecified atom stereocenters. The lowest BCUT2D eigenvalue weighted by Crippen LogP contribution is -2.51. The molecule has 0 aromatic heterocycles. The minimum atomic E-state index is -0.683. The summed E-state index contributed by atoms with van der Waals surface area (Å²) in [5, 5.41) is -0.315. The fourth-order valence-corrected chi connectivity index (χ4v) is 5.06. The zero-order chi connectivity index (χ0) is 20.4. The summed E-state index contributed by atoms with van der Waals surface area (Å²) in [5.74, 6) is -0.128. The van der Waals surface area contributed by atoms with Crippen LogP contribution in [-0.2, 0) is 9.59 Å². The molecule has 2 heterocycles. The van der Waals surface area contributed by atoms with Crippen LogP contribution in [0.1, 0.15) is 22.5 Å². The highest BCUT2D eigenvalue weighted by atomic mass is 32.2. The quantitative estimate of drug-likeness (QED) is 0.773. The number of piperazine rings is 1. The summed E-state index contributed by atoms with van der Waals surface area (Å²) < 4.78 is 13.4. The predicted molar refractivity (Wildman–Crippen MR) is 112 cm³/mol. The Labute approximate surface area is 174 Å². The Kier molecular flexibility index (Phi) is 5.87. The fraction of sp³-hybridized carbons (Fsp3) is 0.364. The van der Waals surface area contributed by atoms with Crippen LogP contribution in [0.4, 0.5) is 4.39 Å². The average Bonchev–Trinajstić information content (AvgIpc) is 3.11. The summed E-state index contributed by atoms with van der Waals surface area (Å²) in [7, 11) is 2.04. The second-order valence-electron chi connectivity index (χ2n) is 7.46. The van der Waals surface area contributed by atoms with Crippen LogP contribution in [0.2, 0.25) is 0 Å². The van der Waals surface area contributed by atoms with Gasteiger partial charge in [-0.1, -0.05) is 42.5 Å². The third kappa shape index (κ3) is 4.16. The van der Waals surface area contributed by atoms with Gasteiger partial charge in [0.05, 0.1) is 5.75 Å². The molecule has 2 aliphatic rings. The van der Waals surface area contributed by atoms with Gasteiger partial charge >= 0.3 is 0 Å². The van der Waals surface area contributed by atoms with Gasteiger partial charge < -0.3 is 14.7 Å². The Morgan fingerprint density at radius 1 is 1.03 bits per heavy atom. The van der Waals surface area contributed by atoms with Crippen molar-refractivity contribution < 1.29 is 14.0 Å². The Bertz CT molecular complexity index is 869. The molecule has 2 atom stereocenters. The third-order valence-corrected chi connectivity index (χ3v) is 6.73. The SMILES string of the molecule is CN1CCN(C(=O)[C@H](c2ccccc2)N2C(=O)CS[C@H]2c2ccc(F)cc2)CC1. The maximum absolute atomic E-state index is 13.6. The minimum absolute atomic E-state index is 0.0488. The van der Waals surface area contributed by atoms with Crippen molar-refractivity contribution in [1.82, 2.24) is 14.7 Å². The molecule has 0 radical (unpaired) electrons. The van der Waals surface area contributed by atoms with E-state index >= 15 is 0 Å². The first-order valence-electron chi connectivity index (χ1n) is 9.75. The topological polar surface area (TPSA) is 43.9 Å². The van der Waals surface area contributed by atoms with Gasteiger partial charge in [0.25, 0.3) is 0 Å². The number of likely N-dealkylation sites (N-methyl/N-ethyl adjacent to an activating group) is 1. The van der Waals surface area contributed by atoms with Crippen LogP contribution in [0.15, 0.2) is 54.6 Å². The lowest BCUT2D eigenvalue weighted by molar-refractivity contribution is -0.146. The number of halogens is 1. The molecular weight excluding hydrogens is 389 g/mol. The van der Waals surface area contributed by atoms with E-state index in [2.05, 4.69) is 4.90 Å². The lowest BCUT2D eigenvalue weighted by Gasteiger charge is -2.38. The molecule has 2 aromatic rings. The van der Waals surface area contributed by atoms with E-state index in [1.165, 1.54) is 23.9 Å². The fourth-order valence-electron chi connectivity index (χ4n) is 3.86. The van der Waals surface area contributed by atoms with Gasteiger partial charge in [0.15, 0.2) is 0 Å². The Morgan fingerprint density at radius 2 is 1.69 bits per heavy atom. The minimum Gasteiger partial charge on any atom is -0.338 e. The van der Waals surface area contributed by atoms with Crippen LogP contribution < -0.4 is 0 Å². The highest BCUT2D eigenvalue weighted by molar-refractivity contribution is 8.00. The molecule has 7 heteroatoms. The molecule has 0 bridgehead atoms. The number of carbonyl (C=O) groups excluding carboxylic acids is 2. The van der Waals surface area contributed by atoms with Gasteiger partial charge in [0.1, 0.15) is 17.2 Å². The number of thioether (sulfide) groups is 1. The Morgan fingerprint density at radius 3 is 2.34 bits per heavy atom. The van der Waals surface area contributed by atoms with Gasteiger partial charge in [-0.05, 0) is 30.3 Å².